The van der Waals surface area contributed by atoms with Crippen LogP contribution in [0.4, 0.5) is 0 Å². The highest BCUT2D eigenvalue weighted by molar-refractivity contribution is 7.98. The Labute approximate surface area is 219 Å². The zero-order chi connectivity index (χ0) is 26.8. The lowest BCUT2D eigenvalue weighted by atomic mass is 9.84. The third-order valence-corrected chi connectivity index (χ3v) is 7.72. The number of hydrogen-bond acceptors (Lipinski definition) is 7. The van der Waals surface area contributed by atoms with Crippen molar-refractivity contribution in [2.24, 2.45) is 23.3 Å². The fraction of sp³-hybridized carbons (Fsp3) is 0.615. The van der Waals surface area contributed by atoms with Crippen molar-refractivity contribution in [1.82, 2.24) is 4.90 Å². The summed E-state index contributed by atoms with van der Waals surface area (Å²) in [6, 6.07) is 7.68. The van der Waals surface area contributed by atoms with Gasteiger partial charge in [0, 0.05) is 4.86 Å². The Hall–Kier alpha value is -1.81. The number of imide groups is 1. The third kappa shape index (κ3) is 7.84. The van der Waals surface area contributed by atoms with Gasteiger partial charge in [-0.25, -0.2) is 4.79 Å². The number of carbonyl (C=O) groups is 3. The molecule has 0 heterocycles. The second-order valence-corrected chi connectivity index (χ2v) is 10.8. The molecule has 1 aromatic rings. The number of amides is 2. The topological polar surface area (TPSA) is 127 Å². The molecule has 0 aliphatic rings. The zero-order valence-corrected chi connectivity index (χ0v) is 23.2. The van der Waals surface area contributed by atoms with Crippen LogP contribution in [0.25, 0.3) is 0 Å². The third-order valence-electron chi connectivity index (χ3n) is 6.56. The Morgan fingerprint density at radius 3 is 2.14 bits per heavy atom. The van der Waals surface area contributed by atoms with Gasteiger partial charge in [-0.1, -0.05) is 76.7 Å². The van der Waals surface area contributed by atoms with Crippen LogP contribution in [0.2, 0.25) is 0 Å². The van der Waals surface area contributed by atoms with Crippen LogP contribution in [-0.4, -0.2) is 62.3 Å². The molecule has 1 aromatic carbocycles. The van der Waals surface area contributed by atoms with Gasteiger partial charge in [0.05, 0.1) is 12.1 Å². The summed E-state index contributed by atoms with van der Waals surface area (Å²) in [5.41, 5.74) is 11.5. The van der Waals surface area contributed by atoms with Crippen LogP contribution < -0.4 is 11.5 Å². The van der Waals surface area contributed by atoms with Gasteiger partial charge < -0.3 is 16.6 Å². The number of benzene rings is 1. The summed E-state index contributed by atoms with van der Waals surface area (Å²) < 4.78 is 0. The second-order valence-electron chi connectivity index (χ2n) is 9.36. The van der Waals surface area contributed by atoms with E-state index in [1.807, 2.05) is 43.5 Å². The predicted octanol–water partition coefficient (Wildman–Crippen LogP) is 3.67. The van der Waals surface area contributed by atoms with Gasteiger partial charge in [-0.3, -0.25) is 14.5 Å². The first-order valence-electron chi connectivity index (χ1n) is 12.1. The Morgan fingerprint density at radius 1 is 1.09 bits per heavy atom. The van der Waals surface area contributed by atoms with Crippen molar-refractivity contribution in [2.75, 3.05) is 12.0 Å². The van der Waals surface area contributed by atoms with E-state index in [0.717, 1.165) is 10.5 Å². The van der Waals surface area contributed by atoms with Crippen LogP contribution in [0, 0.1) is 11.8 Å². The fourth-order valence-corrected chi connectivity index (χ4v) is 4.74. The number of aliphatic carboxylic acids is 1. The number of carboxylic acid groups (broad SMARTS) is 1. The Morgan fingerprint density at radius 2 is 1.66 bits per heavy atom. The van der Waals surface area contributed by atoms with Gasteiger partial charge in [-0.05, 0) is 55.1 Å². The molecule has 0 aliphatic heterocycles. The second kappa shape index (κ2) is 14.7. The normalized spacial score (nSPS) is 15.7. The predicted molar refractivity (Wildman–Crippen MR) is 147 cm³/mol. The first-order chi connectivity index (χ1) is 16.4. The molecular formula is C26H41N3O4S2. The van der Waals surface area contributed by atoms with E-state index in [9.17, 15) is 19.5 Å². The molecule has 0 aliphatic carbocycles. The quantitative estimate of drug-likeness (QED) is 0.297. The van der Waals surface area contributed by atoms with Crippen LogP contribution >= 0.6 is 24.0 Å². The summed E-state index contributed by atoms with van der Waals surface area (Å²) in [6.45, 7) is 7.19. The summed E-state index contributed by atoms with van der Waals surface area (Å²) in [5.74, 6) is -3.00. The van der Waals surface area contributed by atoms with Crippen LogP contribution in [0.1, 0.15) is 58.9 Å². The zero-order valence-electron chi connectivity index (χ0n) is 21.5. The van der Waals surface area contributed by atoms with Crippen molar-refractivity contribution >= 4 is 46.6 Å². The maximum absolute atomic E-state index is 13.7. The van der Waals surface area contributed by atoms with Crippen molar-refractivity contribution in [3.8, 4) is 0 Å². The molecule has 0 saturated carbocycles. The number of thiocarbonyl (C=S) groups is 1. The van der Waals surface area contributed by atoms with E-state index in [2.05, 4.69) is 0 Å². The SMILES string of the molecule is CCC(C)C(N)C(=O)N(C(=O)C(N)C(C)C)C(CCSC)(C(=O)O)C(=S)CCCc1ccccc1. The summed E-state index contributed by atoms with van der Waals surface area (Å²) in [5, 5.41) is 10.6. The van der Waals surface area contributed by atoms with E-state index in [4.69, 9.17) is 23.7 Å². The highest BCUT2D eigenvalue weighted by Gasteiger charge is 2.54. The summed E-state index contributed by atoms with van der Waals surface area (Å²) in [6.07, 6.45) is 3.96. The van der Waals surface area contributed by atoms with Crippen molar-refractivity contribution in [3.63, 3.8) is 0 Å². The minimum absolute atomic E-state index is 0.0107. The van der Waals surface area contributed by atoms with Crippen LogP contribution in [0.15, 0.2) is 30.3 Å². The van der Waals surface area contributed by atoms with E-state index in [1.54, 1.807) is 20.8 Å². The maximum atomic E-state index is 13.7. The van der Waals surface area contributed by atoms with E-state index < -0.39 is 35.4 Å². The molecule has 0 fully saturated rings. The molecule has 1 rings (SSSR count). The van der Waals surface area contributed by atoms with E-state index in [0.29, 0.717) is 25.0 Å². The molecule has 4 atom stereocenters. The number of nitrogens with zero attached hydrogens (tertiary/aromatic N) is 1. The van der Waals surface area contributed by atoms with Crippen LogP contribution in [0.3, 0.4) is 0 Å². The van der Waals surface area contributed by atoms with Crippen molar-refractivity contribution in [2.45, 2.75) is 77.4 Å². The highest BCUT2D eigenvalue weighted by atomic mass is 32.2. The highest BCUT2D eigenvalue weighted by Crippen LogP contribution is 2.31. The average Bonchev–Trinajstić information content (AvgIpc) is 2.84. The van der Waals surface area contributed by atoms with Crippen molar-refractivity contribution < 1.29 is 19.5 Å². The van der Waals surface area contributed by atoms with E-state index in [1.165, 1.54) is 11.8 Å². The average molecular weight is 524 g/mol. The minimum Gasteiger partial charge on any atom is -0.479 e. The summed E-state index contributed by atoms with van der Waals surface area (Å²) >= 11 is 7.15. The molecule has 7 nitrogen and oxygen atoms in total. The number of carboxylic acids is 1. The number of hydrogen-bond donors (Lipinski definition) is 3. The molecule has 0 aromatic heterocycles. The molecule has 0 bridgehead atoms. The Balaban J connectivity index is 3.53. The van der Waals surface area contributed by atoms with Gasteiger partial charge >= 0.3 is 5.97 Å². The fourth-order valence-electron chi connectivity index (χ4n) is 3.82. The van der Waals surface area contributed by atoms with Gasteiger partial charge in [0.2, 0.25) is 11.8 Å². The lowest BCUT2D eigenvalue weighted by molar-refractivity contribution is -0.164. The number of carbonyl (C=O) groups excluding carboxylic acids is 2. The van der Waals surface area contributed by atoms with Crippen molar-refractivity contribution in [3.05, 3.63) is 35.9 Å². The lowest BCUT2D eigenvalue weighted by Gasteiger charge is -2.43. The molecule has 196 valence electrons. The molecule has 35 heavy (non-hydrogen) atoms. The number of nitrogens with two attached hydrogens (primary N) is 2. The molecule has 5 N–H and O–H groups in total. The Bertz CT molecular complexity index is 865. The monoisotopic (exact) mass is 523 g/mol. The van der Waals surface area contributed by atoms with Gasteiger partial charge in [0.1, 0.15) is 0 Å². The van der Waals surface area contributed by atoms with Gasteiger partial charge in [0.15, 0.2) is 5.54 Å². The molecule has 0 radical (unpaired) electrons. The molecule has 4 unspecified atom stereocenters. The minimum atomic E-state index is -2.00. The largest absolute Gasteiger partial charge is 0.479 e. The number of thioether (sulfide) groups is 1. The summed E-state index contributed by atoms with van der Waals surface area (Å²) in [7, 11) is 0. The number of rotatable bonds is 15. The van der Waals surface area contributed by atoms with Gasteiger partial charge in [-0.2, -0.15) is 11.8 Å². The van der Waals surface area contributed by atoms with Crippen LogP contribution in [-0.2, 0) is 20.8 Å². The molecule has 9 heteroatoms. The van der Waals surface area contributed by atoms with Gasteiger partial charge in [-0.15, -0.1) is 0 Å². The first kappa shape index (κ1) is 31.2. The Kier molecular flexibility index (Phi) is 13.1. The van der Waals surface area contributed by atoms with E-state index >= 15 is 0 Å². The smallest absolute Gasteiger partial charge is 0.335 e. The molecule has 2 amide bonds. The standard InChI is InChI=1S/C26H41N3O4S2/c1-6-18(4)22(28)24(31)29(23(30)21(27)17(2)3)26(25(32)33,15-16-35-5)20(34)14-10-13-19-11-8-7-9-12-19/h7-9,11-12,17-18,21-22H,6,10,13-16,27-28H2,1-5H3,(H,32,33). The molecular weight excluding hydrogens is 482 g/mol. The molecule has 0 saturated heterocycles. The molecule has 0 spiro atoms. The summed E-state index contributed by atoms with van der Waals surface area (Å²) in [4.78, 5) is 41.3. The van der Waals surface area contributed by atoms with E-state index in [-0.39, 0.29) is 29.5 Å². The first-order valence-corrected chi connectivity index (χ1v) is 13.9. The maximum Gasteiger partial charge on any atom is 0.335 e. The lowest BCUT2D eigenvalue weighted by Crippen LogP contribution is -2.69. The van der Waals surface area contributed by atoms with Gasteiger partial charge in [0.25, 0.3) is 0 Å². The van der Waals surface area contributed by atoms with Crippen molar-refractivity contribution in [1.29, 1.82) is 0 Å². The van der Waals surface area contributed by atoms with Crippen LogP contribution in [0.5, 0.6) is 0 Å². The number of aryl methyl sites for hydroxylation is 1.